The fraction of sp³-hybridized carbons (Fsp3) is 0.600. The van der Waals surface area contributed by atoms with Gasteiger partial charge in [0.2, 0.25) is 0 Å². The fourth-order valence-electron chi connectivity index (χ4n) is 2.86. The summed E-state index contributed by atoms with van der Waals surface area (Å²) in [5, 5.41) is 9.55. The van der Waals surface area contributed by atoms with Crippen molar-refractivity contribution in [2.45, 2.75) is 71.6 Å². The fourth-order valence-corrected chi connectivity index (χ4v) is 2.86. The number of rotatable bonds is 11. The first-order valence-corrected chi connectivity index (χ1v) is 8.92. The minimum atomic E-state index is -0.866. The number of hydrogen-bond donors (Lipinski definition) is 1. The van der Waals surface area contributed by atoms with Crippen LogP contribution in [-0.4, -0.2) is 17.0 Å². The predicted octanol–water partition coefficient (Wildman–Crippen LogP) is 5.17. The lowest BCUT2D eigenvalue weighted by Gasteiger charge is -2.16. The van der Waals surface area contributed by atoms with Crippen LogP contribution in [0, 0.1) is 5.92 Å². The molecule has 4 nitrogen and oxygen atoms in total. The minimum Gasteiger partial charge on any atom is -0.481 e. The summed E-state index contributed by atoms with van der Waals surface area (Å²) in [7, 11) is 0. The molecule has 0 fully saturated rings. The Morgan fingerprint density at radius 2 is 1.58 bits per heavy atom. The molecule has 0 radical (unpaired) electrons. The van der Waals surface area contributed by atoms with Crippen LogP contribution in [0.3, 0.4) is 0 Å². The van der Waals surface area contributed by atoms with Crippen LogP contribution in [0.4, 0.5) is 0 Å². The van der Waals surface area contributed by atoms with Crippen molar-refractivity contribution in [3.05, 3.63) is 29.8 Å². The van der Waals surface area contributed by atoms with Crippen LogP contribution in [0.2, 0.25) is 0 Å². The smallest absolute Gasteiger partial charge is 0.311 e. The van der Waals surface area contributed by atoms with E-state index in [-0.39, 0.29) is 0 Å². The van der Waals surface area contributed by atoms with E-state index in [1.807, 2.05) is 0 Å². The van der Waals surface area contributed by atoms with Crippen molar-refractivity contribution in [3.63, 3.8) is 0 Å². The molecule has 1 aromatic carbocycles. The molecule has 1 atom stereocenters. The lowest BCUT2D eigenvalue weighted by Crippen LogP contribution is -2.14. The number of carboxylic acid groups (broad SMARTS) is 1. The highest BCUT2D eigenvalue weighted by atomic mass is 16.5. The molecule has 0 aliphatic rings. The third-order valence-corrected chi connectivity index (χ3v) is 4.12. The Morgan fingerprint density at radius 1 is 1.00 bits per heavy atom. The Labute approximate surface area is 145 Å². The van der Waals surface area contributed by atoms with Gasteiger partial charge in [-0.25, -0.2) is 0 Å². The zero-order valence-electron chi connectivity index (χ0n) is 15.1. The Balaban J connectivity index is 2.53. The lowest BCUT2D eigenvalue weighted by atomic mass is 9.92. The van der Waals surface area contributed by atoms with Crippen LogP contribution < -0.4 is 4.74 Å². The van der Waals surface area contributed by atoms with E-state index >= 15 is 0 Å². The van der Waals surface area contributed by atoms with Gasteiger partial charge in [-0.05, 0) is 18.4 Å². The summed E-state index contributed by atoms with van der Waals surface area (Å²) in [6.45, 7) is 5.79. The number of carbonyl (C=O) groups is 2. The topological polar surface area (TPSA) is 63.6 Å². The largest absolute Gasteiger partial charge is 0.481 e. The van der Waals surface area contributed by atoms with E-state index in [9.17, 15) is 14.7 Å². The third-order valence-electron chi connectivity index (χ3n) is 4.12. The van der Waals surface area contributed by atoms with E-state index in [0.29, 0.717) is 17.7 Å². The van der Waals surface area contributed by atoms with Gasteiger partial charge in [-0.15, -0.1) is 0 Å². The maximum Gasteiger partial charge on any atom is 0.311 e. The van der Waals surface area contributed by atoms with Crippen LogP contribution in [0.25, 0.3) is 0 Å². The summed E-state index contributed by atoms with van der Waals surface area (Å²) >= 11 is 0. The molecule has 1 aromatic rings. The normalized spacial score (nSPS) is 12.2. The summed E-state index contributed by atoms with van der Waals surface area (Å²) in [6.07, 6.45) is 7.33. The second kappa shape index (κ2) is 10.8. The van der Waals surface area contributed by atoms with E-state index in [1.165, 1.54) is 26.2 Å². The third kappa shape index (κ3) is 7.62. The standard InChI is InChI=1S/C20H30O4/c1-15(2)11-7-5-4-6-8-13-18(20(22)23)17-12-9-10-14-19(17)24-16(3)21/h9-10,12,14-15,18H,4-8,11,13H2,1-3H3,(H,22,23). The molecule has 1 rings (SSSR count). The van der Waals surface area contributed by atoms with Gasteiger partial charge in [0, 0.05) is 12.5 Å². The van der Waals surface area contributed by atoms with E-state index in [4.69, 9.17) is 4.74 Å². The lowest BCUT2D eigenvalue weighted by molar-refractivity contribution is -0.139. The van der Waals surface area contributed by atoms with E-state index < -0.39 is 17.9 Å². The van der Waals surface area contributed by atoms with Crippen molar-refractivity contribution in [1.29, 1.82) is 0 Å². The van der Waals surface area contributed by atoms with Crippen LogP contribution in [-0.2, 0) is 9.59 Å². The molecular formula is C20H30O4. The predicted molar refractivity (Wildman–Crippen MR) is 95.3 cm³/mol. The maximum atomic E-state index is 11.6. The number of benzene rings is 1. The molecule has 0 saturated heterocycles. The van der Waals surface area contributed by atoms with Crippen molar-refractivity contribution in [3.8, 4) is 5.75 Å². The molecule has 4 heteroatoms. The maximum absolute atomic E-state index is 11.6. The molecule has 1 unspecified atom stereocenters. The first kappa shape index (κ1) is 20.2. The SMILES string of the molecule is CC(=O)Oc1ccccc1C(CCCCCCCC(C)C)C(=O)O. The van der Waals surface area contributed by atoms with E-state index in [0.717, 1.165) is 25.2 Å². The van der Waals surface area contributed by atoms with Crippen LogP contribution in [0.5, 0.6) is 5.75 Å². The van der Waals surface area contributed by atoms with Gasteiger partial charge in [0.05, 0.1) is 5.92 Å². The molecule has 0 heterocycles. The van der Waals surface area contributed by atoms with Crippen LogP contribution >= 0.6 is 0 Å². The molecule has 24 heavy (non-hydrogen) atoms. The number of ether oxygens (including phenoxy) is 1. The molecule has 1 N–H and O–H groups in total. The summed E-state index contributed by atoms with van der Waals surface area (Å²) in [5.41, 5.74) is 0.583. The van der Waals surface area contributed by atoms with E-state index in [1.54, 1.807) is 24.3 Å². The monoisotopic (exact) mass is 334 g/mol. The quantitative estimate of drug-likeness (QED) is 0.344. The second-order valence-corrected chi connectivity index (χ2v) is 6.76. The van der Waals surface area contributed by atoms with Crippen molar-refractivity contribution < 1.29 is 19.4 Å². The molecule has 0 bridgehead atoms. The Hall–Kier alpha value is -1.84. The van der Waals surface area contributed by atoms with Crippen molar-refractivity contribution in [2.24, 2.45) is 5.92 Å². The molecule has 0 saturated carbocycles. The Kier molecular flexibility index (Phi) is 9.13. The number of carboxylic acids is 1. The van der Waals surface area contributed by atoms with Gasteiger partial charge in [-0.1, -0.05) is 70.6 Å². The van der Waals surface area contributed by atoms with Gasteiger partial charge in [-0.3, -0.25) is 9.59 Å². The highest BCUT2D eigenvalue weighted by Gasteiger charge is 2.23. The number of unbranched alkanes of at least 4 members (excludes halogenated alkanes) is 4. The van der Waals surface area contributed by atoms with Crippen LogP contribution in [0.15, 0.2) is 24.3 Å². The molecule has 0 amide bonds. The Bertz CT molecular complexity index is 522. The average molecular weight is 334 g/mol. The highest BCUT2D eigenvalue weighted by Crippen LogP contribution is 2.31. The summed E-state index contributed by atoms with van der Waals surface area (Å²) in [4.78, 5) is 22.8. The first-order valence-electron chi connectivity index (χ1n) is 8.92. The molecule has 0 aliphatic heterocycles. The van der Waals surface area contributed by atoms with Gasteiger partial charge in [0.25, 0.3) is 0 Å². The van der Waals surface area contributed by atoms with Crippen molar-refractivity contribution in [1.82, 2.24) is 0 Å². The number of para-hydroxylation sites is 1. The minimum absolute atomic E-state index is 0.356. The van der Waals surface area contributed by atoms with Gasteiger partial charge >= 0.3 is 11.9 Å². The Morgan fingerprint density at radius 3 is 2.17 bits per heavy atom. The summed E-state index contributed by atoms with van der Waals surface area (Å²) in [6, 6.07) is 6.91. The molecule has 134 valence electrons. The van der Waals surface area contributed by atoms with Gasteiger partial charge < -0.3 is 9.84 Å². The summed E-state index contributed by atoms with van der Waals surface area (Å²) in [5.74, 6) is -0.823. The molecule has 0 aliphatic carbocycles. The van der Waals surface area contributed by atoms with Crippen LogP contribution in [0.1, 0.15) is 77.2 Å². The zero-order chi connectivity index (χ0) is 17.9. The van der Waals surface area contributed by atoms with Gasteiger partial charge in [-0.2, -0.15) is 0 Å². The number of aliphatic carboxylic acids is 1. The molecular weight excluding hydrogens is 304 g/mol. The summed E-state index contributed by atoms with van der Waals surface area (Å²) < 4.78 is 5.16. The van der Waals surface area contributed by atoms with Gasteiger partial charge in [0.15, 0.2) is 0 Å². The van der Waals surface area contributed by atoms with Gasteiger partial charge in [0.1, 0.15) is 5.75 Å². The van der Waals surface area contributed by atoms with Crippen molar-refractivity contribution >= 4 is 11.9 Å². The van der Waals surface area contributed by atoms with Crippen molar-refractivity contribution in [2.75, 3.05) is 0 Å². The second-order valence-electron chi connectivity index (χ2n) is 6.76. The van der Waals surface area contributed by atoms with E-state index in [2.05, 4.69) is 13.8 Å². The molecule has 0 aromatic heterocycles. The number of hydrogen-bond acceptors (Lipinski definition) is 3. The number of carbonyl (C=O) groups excluding carboxylic acids is 1. The number of esters is 1. The zero-order valence-corrected chi connectivity index (χ0v) is 15.1. The molecule has 0 spiro atoms. The first-order chi connectivity index (χ1) is 11.4. The average Bonchev–Trinajstić information content (AvgIpc) is 2.50. The highest BCUT2D eigenvalue weighted by molar-refractivity contribution is 5.78.